The summed E-state index contributed by atoms with van der Waals surface area (Å²) in [5, 5.41) is 11.9. The lowest BCUT2D eigenvalue weighted by molar-refractivity contribution is -0.237. The van der Waals surface area contributed by atoms with E-state index in [9.17, 15) is 5.11 Å². The van der Waals surface area contributed by atoms with Gasteiger partial charge in [0.1, 0.15) is 29.8 Å². The first-order chi connectivity index (χ1) is 15.3. The Morgan fingerprint density at radius 3 is 1.97 bits per heavy atom. The Bertz CT molecular complexity index is 901. The summed E-state index contributed by atoms with van der Waals surface area (Å²) >= 11 is 1.57. The van der Waals surface area contributed by atoms with Crippen molar-refractivity contribution in [1.82, 2.24) is 4.90 Å². The minimum absolute atomic E-state index is 0.222. The highest BCUT2D eigenvalue weighted by Crippen LogP contribution is 2.42. The molecule has 7 heteroatoms. The van der Waals surface area contributed by atoms with E-state index in [2.05, 4.69) is 0 Å². The van der Waals surface area contributed by atoms with Crippen LogP contribution in [0.4, 0.5) is 0 Å². The van der Waals surface area contributed by atoms with E-state index in [-0.39, 0.29) is 17.6 Å². The van der Waals surface area contributed by atoms with E-state index < -0.39 is 17.8 Å². The van der Waals surface area contributed by atoms with E-state index in [0.29, 0.717) is 13.2 Å². The monoisotopic (exact) mass is 456 g/mol. The lowest BCUT2D eigenvalue weighted by atomic mass is 9.88. The lowest BCUT2D eigenvalue weighted by Gasteiger charge is -2.46. The van der Waals surface area contributed by atoms with Crippen LogP contribution < -0.4 is 0 Å². The molecule has 172 valence electrons. The Morgan fingerprint density at radius 1 is 0.938 bits per heavy atom. The highest BCUT2D eigenvalue weighted by molar-refractivity contribution is 8.14. The van der Waals surface area contributed by atoms with Crippen LogP contribution in [-0.2, 0) is 27.4 Å². The third-order valence-electron chi connectivity index (χ3n) is 5.65. The number of nitrogens with zero attached hydrogens (tertiary/aromatic N) is 2. The standard InChI is InChI=1S/C25H32N2O4S/c1-25(2,28)22-21(30-16-18-13-9-6-10-14-18)20(29-15-17-11-7-5-8-12-17)19-23(31-22)32-24(26-19)27(3)4/h5-14,19-23,28H,15-16H2,1-4H3/t19-,20-,21+,22+,23-/m1/s1. The predicted molar refractivity (Wildman–Crippen MR) is 127 cm³/mol. The van der Waals surface area contributed by atoms with Gasteiger partial charge >= 0.3 is 0 Å². The average Bonchev–Trinajstić information content (AvgIpc) is 3.21. The molecular formula is C25H32N2O4S. The zero-order valence-corrected chi connectivity index (χ0v) is 19.9. The summed E-state index contributed by atoms with van der Waals surface area (Å²) in [4.78, 5) is 6.90. The molecule has 32 heavy (non-hydrogen) atoms. The third kappa shape index (κ3) is 5.35. The Labute approximate surface area is 194 Å². The molecular weight excluding hydrogens is 424 g/mol. The number of rotatable bonds is 7. The Hall–Kier alpha value is -1.90. The van der Waals surface area contributed by atoms with Gasteiger partial charge in [0.05, 0.1) is 18.8 Å². The molecule has 1 N–H and O–H groups in total. The molecule has 2 aliphatic rings. The van der Waals surface area contributed by atoms with Crippen molar-refractivity contribution in [2.24, 2.45) is 4.99 Å². The SMILES string of the molecule is CN(C)C1=N[C@@H]2[C@@H](OCc3ccccc3)[C@H](OCc3ccccc3)[C@@H](C(C)(C)O)O[C@@H]2S1. The molecule has 2 heterocycles. The van der Waals surface area contributed by atoms with E-state index in [1.807, 2.05) is 79.7 Å². The summed E-state index contributed by atoms with van der Waals surface area (Å²) in [5.74, 6) is 0. The zero-order chi connectivity index (χ0) is 22.7. The van der Waals surface area contributed by atoms with Crippen molar-refractivity contribution in [3.05, 3.63) is 71.8 Å². The first-order valence-corrected chi connectivity index (χ1v) is 11.8. The zero-order valence-electron chi connectivity index (χ0n) is 19.0. The fraction of sp³-hybridized carbons (Fsp3) is 0.480. The number of aliphatic imine (C=N–C) groups is 1. The average molecular weight is 457 g/mol. The highest BCUT2D eigenvalue weighted by atomic mass is 32.2. The normalized spacial score (nSPS) is 27.7. The van der Waals surface area contributed by atoms with E-state index in [1.54, 1.807) is 25.6 Å². The predicted octanol–water partition coefficient (Wildman–Crippen LogP) is 3.69. The third-order valence-corrected chi connectivity index (χ3v) is 6.95. The molecule has 1 saturated heterocycles. The van der Waals surface area contributed by atoms with E-state index >= 15 is 0 Å². The molecule has 4 rings (SSSR count). The highest BCUT2D eigenvalue weighted by Gasteiger charge is 2.54. The first-order valence-electron chi connectivity index (χ1n) is 10.9. The van der Waals surface area contributed by atoms with Gasteiger partial charge in [0.15, 0.2) is 5.17 Å². The van der Waals surface area contributed by atoms with Crippen molar-refractivity contribution in [2.45, 2.75) is 62.5 Å². The van der Waals surface area contributed by atoms with E-state index in [1.165, 1.54) is 0 Å². The number of ether oxygens (including phenoxy) is 3. The molecule has 0 amide bonds. The Balaban J connectivity index is 1.62. The minimum atomic E-state index is -1.11. The first kappa shape index (κ1) is 23.3. The summed E-state index contributed by atoms with van der Waals surface area (Å²) in [5.41, 5.74) is 0.798. The van der Waals surface area contributed by atoms with Crippen LogP contribution in [0.3, 0.4) is 0 Å². The van der Waals surface area contributed by atoms with Crippen molar-refractivity contribution in [2.75, 3.05) is 14.1 Å². The quantitative estimate of drug-likeness (QED) is 0.686. The van der Waals surface area contributed by atoms with Gasteiger partial charge in [0.2, 0.25) is 0 Å². The van der Waals surface area contributed by atoms with Crippen molar-refractivity contribution in [3.63, 3.8) is 0 Å². The van der Waals surface area contributed by atoms with Gasteiger partial charge in [-0.15, -0.1) is 0 Å². The largest absolute Gasteiger partial charge is 0.388 e. The van der Waals surface area contributed by atoms with Gasteiger partial charge in [-0.1, -0.05) is 72.4 Å². The second-order valence-corrected chi connectivity index (χ2v) is 10.1. The smallest absolute Gasteiger partial charge is 0.161 e. The van der Waals surface area contributed by atoms with Gasteiger partial charge in [-0.3, -0.25) is 4.99 Å². The number of hydrogen-bond donors (Lipinski definition) is 1. The van der Waals surface area contributed by atoms with Crippen molar-refractivity contribution in [3.8, 4) is 0 Å². The molecule has 2 aromatic rings. The molecule has 2 aliphatic heterocycles. The van der Waals surface area contributed by atoms with Gasteiger partial charge in [0, 0.05) is 14.1 Å². The van der Waals surface area contributed by atoms with E-state index in [4.69, 9.17) is 19.2 Å². The maximum Gasteiger partial charge on any atom is 0.161 e. The van der Waals surface area contributed by atoms with Crippen LogP contribution in [0.1, 0.15) is 25.0 Å². The van der Waals surface area contributed by atoms with Crippen LogP contribution in [0.5, 0.6) is 0 Å². The van der Waals surface area contributed by atoms with Crippen molar-refractivity contribution >= 4 is 16.9 Å². The summed E-state index contributed by atoms with van der Waals surface area (Å²) in [6, 6.07) is 19.9. The summed E-state index contributed by atoms with van der Waals surface area (Å²) in [7, 11) is 3.94. The van der Waals surface area contributed by atoms with Crippen molar-refractivity contribution in [1.29, 1.82) is 0 Å². The molecule has 2 aromatic carbocycles. The fourth-order valence-electron chi connectivity index (χ4n) is 4.02. The van der Waals surface area contributed by atoms with Gasteiger partial charge in [0.25, 0.3) is 0 Å². The topological polar surface area (TPSA) is 63.5 Å². The number of aliphatic hydroxyl groups is 1. The molecule has 0 unspecified atom stereocenters. The number of thioether (sulfide) groups is 1. The second-order valence-electron chi connectivity index (χ2n) is 9.02. The molecule has 0 bridgehead atoms. The molecule has 5 atom stereocenters. The number of hydrogen-bond acceptors (Lipinski definition) is 7. The minimum Gasteiger partial charge on any atom is -0.388 e. The van der Waals surface area contributed by atoms with Crippen LogP contribution in [0.15, 0.2) is 65.7 Å². The fourth-order valence-corrected chi connectivity index (χ4v) is 5.15. The van der Waals surface area contributed by atoms with Crippen LogP contribution in [0.25, 0.3) is 0 Å². The van der Waals surface area contributed by atoms with Gasteiger partial charge in [-0.2, -0.15) is 0 Å². The van der Waals surface area contributed by atoms with Crippen LogP contribution in [-0.4, -0.2) is 64.7 Å². The molecule has 0 spiro atoms. The Morgan fingerprint density at radius 2 is 1.47 bits per heavy atom. The maximum atomic E-state index is 11.0. The van der Waals surface area contributed by atoms with Crippen LogP contribution >= 0.6 is 11.8 Å². The van der Waals surface area contributed by atoms with Crippen LogP contribution in [0.2, 0.25) is 0 Å². The summed E-state index contributed by atoms with van der Waals surface area (Å²) < 4.78 is 19.3. The van der Waals surface area contributed by atoms with Gasteiger partial charge in [-0.05, 0) is 25.0 Å². The summed E-state index contributed by atoms with van der Waals surface area (Å²) in [6.07, 6.45) is -1.40. The molecule has 0 radical (unpaired) electrons. The van der Waals surface area contributed by atoms with Crippen LogP contribution in [0, 0.1) is 0 Å². The van der Waals surface area contributed by atoms with Crippen molar-refractivity contribution < 1.29 is 19.3 Å². The summed E-state index contributed by atoms with van der Waals surface area (Å²) in [6.45, 7) is 4.37. The Kier molecular flexibility index (Phi) is 7.22. The van der Waals surface area contributed by atoms with Gasteiger partial charge < -0.3 is 24.2 Å². The van der Waals surface area contributed by atoms with E-state index in [0.717, 1.165) is 16.3 Å². The molecule has 6 nitrogen and oxygen atoms in total. The molecule has 1 fully saturated rings. The molecule has 0 aromatic heterocycles. The number of amidine groups is 1. The maximum absolute atomic E-state index is 11.0. The molecule has 0 saturated carbocycles. The number of fused-ring (bicyclic) bond motifs is 1. The molecule has 0 aliphatic carbocycles. The number of benzene rings is 2. The second kappa shape index (κ2) is 9.93. The lowest BCUT2D eigenvalue weighted by Crippen LogP contribution is -2.62. The van der Waals surface area contributed by atoms with Gasteiger partial charge in [-0.25, -0.2) is 0 Å².